The minimum Gasteiger partial charge on any atom is -0.475 e. The second-order valence-electron chi connectivity index (χ2n) is 8.51. The molecule has 3 atom stereocenters. The zero-order chi connectivity index (χ0) is 26.2. The van der Waals surface area contributed by atoms with Gasteiger partial charge in [0.2, 0.25) is 0 Å². The molecular weight excluding hydrogens is 506 g/mol. The minimum absolute atomic E-state index is 0.485. The summed E-state index contributed by atoms with van der Waals surface area (Å²) in [7, 11) is 0. The van der Waals surface area contributed by atoms with Gasteiger partial charge < -0.3 is 19.8 Å². The molecule has 4 rings (SSSR count). The molecule has 3 saturated heterocycles. The molecule has 0 aromatic carbocycles. The molecule has 0 unspecified atom stereocenters. The summed E-state index contributed by atoms with van der Waals surface area (Å²) in [6.45, 7) is 8.38. The molecule has 3 aliphatic rings. The Morgan fingerprint density at radius 3 is 2.06 bits per heavy atom. The summed E-state index contributed by atoms with van der Waals surface area (Å²) in [6.07, 6.45) is -5.59. The van der Waals surface area contributed by atoms with E-state index in [-0.39, 0.29) is 0 Å². The highest BCUT2D eigenvalue weighted by Gasteiger charge is 2.42. The number of rotatable bonds is 4. The van der Waals surface area contributed by atoms with E-state index in [1.165, 1.54) is 56.9 Å². The van der Waals surface area contributed by atoms with Gasteiger partial charge in [0.15, 0.2) is 0 Å². The van der Waals surface area contributed by atoms with Gasteiger partial charge in [-0.15, -0.1) is 11.3 Å². The van der Waals surface area contributed by atoms with Crippen molar-refractivity contribution in [3.05, 3.63) is 22.4 Å². The summed E-state index contributed by atoms with van der Waals surface area (Å²) in [5, 5.41) is 16.4. The van der Waals surface area contributed by atoms with Crippen LogP contribution in [0.5, 0.6) is 0 Å². The third-order valence-corrected chi connectivity index (χ3v) is 6.84. The van der Waals surface area contributed by atoms with Gasteiger partial charge in [0.05, 0.1) is 12.7 Å². The molecule has 2 N–H and O–H groups in total. The standard InChI is InChI=1S/C17H26N2OS.2C2HF3O2/c1-2-7-18(6-1)12-17-16-11-19(8-5-14(16)13-20-17)10-15-4-3-9-21-15;2*3-2(4,5)1(6)7/h3-4,9,14,16-17H,1-2,5-8,10-13H2;2*(H,6,7)/t14-,16-,17+;;/m0../s1. The molecule has 0 saturated carbocycles. The number of nitrogens with zero attached hydrogens (tertiary/aromatic N) is 2. The van der Waals surface area contributed by atoms with E-state index in [1.807, 2.05) is 11.3 Å². The highest BCUT2D eigenvalue weighted by molar-refractivity contribution is 7.09. The number of piperidine rings is 1. The van der Waals surface area contributed by atoms with Crippen molar-refractivity contribution in [1.29, 1.82) is 0 Å². The second kappa shape index (κ2) is 12.9. The number of aliphatic carboxylic acids is 2. The number of carbonyl (C=O) groups is 2. The molecule has 0 bridgehead atoms. The fourth-order valence-corrected chi connectivity index (χ4v) is 5.02. The Morgan fingerprint density at radius 2 is 1.57 bits per heavy atom. The first-order chi connectivity index (χ1) is 16.3. The Bertz CT molecular complexity index is 775. The summed E-state index contributed by atoms with van der Waals surface area (Å²) in [5.74, 6) is -3.93. The van der Waals surface area contributed by atoms with E-state index in [2.05, 4.69) is 27.3 Å². The second-order valence-corrected chi connectivity index (χ2v) is 9.54. The Morgan fingerprint density at radius 1 is 1.00 bits per heavy atom. The molecule has 200 valence electrons. The molecule has 1 aromatic heterocycles. The number of carboxylic acid groups (broad SMARTS) is 2. The lowest BCUT2D eigenvalue weighted by molar-refractivity contribution is -0.193. The van der Waals surface area contributed by atoms with Gasteiger partial charge in [-0.1, -0.05) is 6.07 Å². The zero-order valence-corrected chi connectivity index (χ0v) is 19.5. The van der Waals surface area contributed by atoms with E-state index >= 15 is 0 Å². The maximum Gasteiger partial charge on any atom is 0.490 e. The smallest absolute Gasteiger partial charge is 0.475 e. The van der Waals surface area contributed by atoms with Gasteiger partial charge in [-0.25, -0.2) is 9.59 Å². The molecule has 4 heterocycles. The van der Waals surface area contributed by atoms with Crippen LogP contribution in [0.1, 0.15) is 24.1 Å². The van der Waals surface area contributed by atoms with Crippen molar-refractivity contribution in [2.75, 3.05) is 39.3 Å². The number of alkyl halides is 6. The van der Waals surface area contributed by atoms with Crippen LogP contribution >= 0.6 is 11.3 Å². The van der Waals surface area contributed by atoms with Gasteiger partial charge in [-0.05, 0) is 56.3 Å². The molecule has 0 aliphatic carbocycles. The van der Waals surface area contributed by atoms with Gasteiger partial charge in [-0.3, -0.25) is 4.90 Å². The molecule has 1 aromatic rings. The number of fused-ring (bicyclic) bond motifs is 1. The van der Waals surface area contributed by atoms with Gasteiger partial charge in [-0.2, -0.15) is 26.3 Å². The molecule has 3 fully saturated rings. The normalized spacial score (nSPS) is 25.1. The van der Waals surface area contributed by atoms with Crippen molar-refractivity contribution >= 4 is 23.3 Å². The minimum atomic E-state index is -5.08. The summed E-state index contributed by atoms with van der Waals surface area (Å²) < 4.78 is 69.7. The summed E-state index contributed by atoms with van der Waals surface area (Å²) in [5.41, 5.74) is 0. The van der Waals surface area contributed by atoms with Crippen LogP contribution in [0.2, 0.25) is 0 Å². The summed E-state index contributed by atoms with van der Waals surface area (Å²) in [4.78, 5) is 24.6. The lowest BCUT2D eigenvalue weighted by atomic mass is 9.84. The number of hydrogen-bond donors (Lipinski definition) is 2. The van der Waals surface area contributed by atoms with Crippen LogP contribution in [0.15, 0.2) is 17.5 Å². The van der Waals surface area contributed by atoms with Crippen molar-refractivity contribution < 1.29 is 50.9 Å². The van der Waals surface area contributed by atoms with Crippen molar-refractivity contribution in [2.24, 2.45) is 11.8 Å². The third-order valence-electron chi connectivity index (χ3n) is 5.97. The number of halogens is 6. The topological polar surface area (TPSA) is 90.3 Å². The maximum absolute atomic E-state index is 10.6. The van der Waals surface area contributed by atoms with Gasteiger partial charge in [0.25, 0.3) is 0 Å². The van der Waals surface area contributed by atoms with Crippen molar-refractivity contribution in [1.82, 2.24) is 9.80 Å². The lowest BCUT2D eigenvalue weighted by Crippen LogP contribution is -2.44. The number of thiophene rings is 1. The predicted molar refractivity (Wildman–Crippen MR) is 114 cm³/mol. The Kier molecular flexibility index (Phi) is 10.8. The zero-order valence-electron chi connectivity index (χ0n) is 18.7. The van der Waals surface area contributed by atoms with Crippen LogP contribution in [0.4, 0.5) is 26.3 Å². The molecule has 7 nitrogen and oxygen atoms in total. The van der Waals surface area contributed by atoms with Gasteiger partial charge in [0.1, 0.15) is 0 Å². The van der Waals surface area contributed by atoms with Crippen molar-refractivity contribution in [3.8, 4) is 0 Å². The van der Waals surface area contributed by atoms with Gasteiger partial charge >= 0.3 is 24.3 Å². The maximum atomic E-state index is 10.6. The van der Waals surface area contributed by atoms with E-state index in [9.17, 15) is 26.3 Å². The van der Waals surface area contributed by atoms with Crippen molar-refractivity contribution in [2.45, 2.75) is 44.3 Å². The average molecular weight is 535 g/mol. The highest BCUT2D eigenvalue weighted by atomic mass is 32.1. The van der Waals surface area contributed by atoms with E-state index in [0.29, 0.717) is 6.10 Å². The number of hydrogen-bond acceptors (Lipinski definition) is 6. The van der Waals surface area contributed by atoms with Crippen LogP contribution in [0, 0.1) is 11.8 Å². The molecule has 14 heteroatoms. The first-order valence-corrected chi connectivity index (χ1v) is 11.8. The van der Waals surface area contributed by atoms with Crippen LogP contribution in [0.25, 0.3) is 0 Å². The summed E-state index contributed by atoms with van der Waals surface area (Å²) >= 11 is 1.89. The Labute approximate surface area is 202 Å². The SMILES string of the molecule is O=C(O)C(F)(F)F.O=C(O)C(F)(F)F.c1csc(CN2CC[C@H]3CO[C@H](CN4CCCC4)[C@H]3C2)c1. The van der Waals surface area contributed by atoms with E-state index in [4.69, 9.17) is 24.5 Å². The summed E-state index contributed by atoms with van der Waals surface area (Å²) in [6, 6.07) is 4.44. The number of carboxylic acids is 2. The van der Waals surface area contributed by atoms with Crippen LogP contribution in [0.3, 0.4) is 0 Å². The van der Waals surface area contributed by atoms with Crippen LogP contribution in [-0.4, -0.2) is 89.7 Å². The van der Waals surface area contributed by atoms with E-state index in [1.54, 1.807) is 0 Å². The monoisotopic (exact) mass is 534 g/mol. The fraction of sp³-hybridized carbons (Fsp3) is 0.714. The molecule has 35 heavy (non-hydrogen) atoms. The fourth-order valence-electron chi connectivity index (χ4n) is 4.27. The number of ether oxygens (including phenoxy) is 1. The van der Waals surface area contributed by atoms with E-state index < -0.39 is 24.3 Å². The van der Waals surface area contributed by atoms with Crippen molar-refractivity contribution in [3.63, 3.8) is 0 Å². The quantitative estimate of drug-likeness (QED) is 0.566. The largest absolute Gasteiger partial charge is 0.490 e. The first kappa shape index (κ1) is 29.3. The first-order valence-electron chi connectivity index (χ1n) is 11.0. The average Bonchev–Trinajstić information content (AvgIpc) is 3.51. The molecule has 0 amide bonds. The molecular formula is C21H28F6N2O5S. The molecule has 0 spiro atoms. The van der Waals surface area contributed by atoms with Crippen LogP contribution in [-0.2, 0) is 20.9 Å². The lowest BCUT2D eigenvalue weighted by Gasteiger charge is -2.36. The highest BCUT2D eigenvalue weighted by Crippen LogP contribution is 2.35. The third kappa shape index (κ3) is 9.94. The molecule has 3 aliphatic heterocycles. The Hall–Kier alpha value is -1.90. The van der Waals surface area contributed by atoms with E-state index in [0.717, 1.165) is 25.0 Å². The molecule has 0 radical (unpaired) electrons. The van der Waals surface area contributed by atoms with Crippen LogP contribution < -0.4 is 0 Å². The predicted octanol–water partition coefficient (Wildman–Crippen LogP) is 3.95. The Balaban J connectivity index is 0.000000257. The van der Waals surface area contributed by atoms with Gasteiger partial charge in [0, 0.05) is 30.4 Å². The number of likely N-dealkylation sites (tertiary alicyclic amines) is 2.